The predicted octanol–water partition coefficient (Wildman–Crippen LogP) is 2.37. The maximum absolute atomic E-state index is 12.6. The topological polar surface area (TPSA) is 91.9 Å². The van der Waals surface area contributed by atoms with Crippen LogP contribution in [0.1, 0.15) is 19.8 Å². The number of nitriles is 1. The minimum atomic E-state index is -3.41. The molecule has 1 fully saturated rings. The van der Waals surface area contributed by atoms with Crippen LogP contribution in [-0.4, -0.2) is 46.3 Å². The van der Waals surface area contributed by atoms with Crippen molar-refractivity contribution >= 4 is 21.8 Å². The molecule has 3 rings (SSSR count). The van der Waals surface area contributed by atoms with Crippen molar-refractivity contribution in [1.82, 2.24) is 19.1 Å². The Hall–Kier alpha value is -1.89. The Kier molecular flexibility index (Phi) is 5.42. The molecule has 2 aromatic rings. The molecule has 9 heteroatoms. The Morgan fingerprint density at radius 3 is 2.48 bits per heavy atom. The van der Waals surface area contributed by atoms with Gasteiger partial charge in [0.25, 0.3) is 0 Å². The van der Waals surface area contributed by atoms with Crippen LogP contribution in [-0.2, 0) is 16.6 Å². The van der Waals surface area contributed by atoms with E-state index in [9.17, 15) is 8.42 Å². The van der Waals surface area contributed by atoms with E-state index < -0.39 is 10.0 Å². The van der Waals surface area contributed by atoms with Crippen molar-refractivity contribution in [3.05, 3.63) is 24.3 Å². The molecule has 0 unspecified atom stereocenters. The molecule has 0 N–H and O–H groups in total. The average molecular weight is 377 g/mol. The van der Waals surface area contributed by atoms with Crippen LogP contribution in [0, 0.1) is 11.3 Å². The molecule has 0 amide bonds. The van der Waals surface area contributed by atoms with Gasteiger partial charge in [-0.15, -0.1) is 10.2 Å². The summed E-state index contributed by atoms with van der Waals surface area (Å²) in [5.74, 6) is 0.985. The van der Waals surface area contributed by atoms with Crippen LogP contribution < -0.4 is 0 Å². The fourth-order valence-electron chi connectivity index (χ4n) is 2.84. The fourth-order valence-corrected chi connectivity index (χ4v) is 5.03. The molecule has 1 aromatic heterocycles. The van der Waals surface area contributed by atoms with Crippen molar-refractivity contribution in [3.8, 4) is 17.5 Å². The first-order chi connectivity index (χ1) is 12.1. The highest BCUT2D eigenvalue weighted by Gasteiger charge is 2.27. The number of hydrogen-bond donors (Lipinski definition) is 0. The summed E-state index contributed by atoms with van der Waals surface area (Å²) in [6, 6.07) is 8.85. The zero-order valence-electron chi connectivity index (χ0n) is 13.9. The number of nitrogens with zero attached hydrogens (tertiary/aromatic N) is 5. The van der Waals surface area contributed by atoms with E-state index in [4.69, 9.17) is 5.26 Å². The van der Waals surface area contributed by atoms with Crippen LogP contribution >= 0.6 is 11.8 Å². The molecular weight excluding hydrogens is 358 g/mol. The van der Waals surface area contributed by atoms with Gasteiger partial charge in [0.05, 0.1) is 16.7 Å². The zero-order valence-corrected chi connectivity index (χ0v) is 15.6. The van der Waals surface area contributed by atoms with Gasteiger partial charge in [-0.2, -0.15) is 9.57 Å². The third kappa shape index (κ3) is 3.56. The molecule has 1 saturated heterocycles. The standard InChI is InChI=1S/C16H19N5O2S2/c1-2-21-15(18-19-16(21)24-12-9-17)13-5-7-14(8-6-13)25(22,23)20-10-3-4-11-20/h5-8H,2-4,10-12H2,1H3. The molecule has 2 heterocycles. The van der Waals surface area contributed by atoms with Gasteiger partial charge in [-0.05, 0) is 44.0 Å². The lowest BCUT2D eigenvalue weighted by Crippen LogP contribution is -2.27. The van der Waals surface area contributed by atoms with E-state index in [1.165, 1.54) is 16.1 Å². The van der Waals surface area contributed by atoms with Gasteiger partial charge in [0.15, 0.2) is 11.0 Å². The Bertz CT molecular complexity index is 878. The molecule has 1 aliphatic rings. The van der Waals surface area contributed by atoms with Gasteiger partial charge < -0.3 is 4.57 Å². The summed E-state index contributed by atoms with van der Waals surface area (Å²) < 4.78 is 28.6. The predicted molar refractivity (Wildman–Crippen MR) is 95.5 cm³/mol. The first kappa shape index (κ1) is 17.9. The van der Waals surface area contributed by atoms with E-state index in [0.717, 1.165) is 18.4 Å². The molecular formula is C16H19N5O2S2. The Morgan fingerprint density at radius 1 is 1.20 bits per heavy atom. The van der Waals surface area contributed by atoms with Crippen molar-refractivity contribution in [2.45, 2.75) is 36.4 Å². The van der Waals surface area contributed by atoms with Gasteiger partial charge in [-0.1, -0.05) is 11.8 Å². The van der Waals surface area contributed by atoms with E-state index in [1.807, 2.05) is 11.5 Å². The van der Waals surface area contributed by atoms with Crippen LogP contribution in [0.2, 0.25) is 0 Å². The quantitative estimate of drug-likeness (QED) is 0.718. The Balaban J connectivity index is 1.88. The maximum Gasteiger partial charge on any atom is 0.243 e. The average Bonchev–Trinajstić information content (AvgIpc) is 3.29. The second-order valence-electron chi connectivity index (χ2n) is 5.63. The third-order valence-electron chi connectivity index (χ3n) is 4.11. The summed E-state index contributed by atoms with van der Waals surface area (Å²) in [7, 11) is -3.41. The first-order valence-corrected chi connectivity index (χ1v) is 10.5. The summed E-state index contributed by atoms with van der Waals surface area (Å²) in [5.41, 5.74) is 0.804. The smallest absolute Gasteiger partial charge is 0.243 e. The van der Waals surface area contributed by atoms with Crippen LogP contribution in [0.15, 0.2) is 34.3 Å². The van der Waals surface area contributed by atoms with Crippen LogP contribution in [0.3, 0.4) is 0 Å². The molecule has 0 aliphatic carbocycles. The number of thioether (sulfide) groups is 1. The minimum Gasteiger partial charge on any atom is -0.302 e. The van der Waals surface area contributed by atoms with E-state index in [1.54, 1.807) is 24.3 Å². The van der Waals surface area contributed by atoms with Crippen LogP contribution in [0.25, 0.3) is 11.4 Å². The minimum absolute atomic E-state index is 0.305. The molecule has 1 aromatic carbocycles. The number of aromatic nitrogens is 3. The largest absolute Gasteiger partial charge is 0.302 e. The molecule has 0 bridgehead atoms. The summed E-state index contributed by atoms with van der Waals surface area (Å²) >= 11 is 1.34. The first-order valence-electron chi connectivity index (χ1n) is 8.11. The molecule has 0 radical (unpaired) electrons. The summed E-state index contributed by atoms with van der Waals surface area (Å²) in [6.45, 7) is 3.83. The van der Waals surface area contributed by atoms with Gasteiger partial charge in [0, 0.05) is 25.2 Å². The maximum atomic E-state index is 12.6. The molecule has 7 nitrogen and oxygen atoms in total. The van der Waals surface area contributed by atoms with Crippen molar-refractivity contribution in [2.75, 3.05) is 18.8 Å². The highest BCUT2D eigenvalue weighted by molar-refractivity contribution is 7.99. The molecule has 25 heavy (non-hydrogen) atoms. The number of hydrogen-bond acceptors (Lipinski definition) is 6. The second-order valence-corrected chi connectivity index (χ2v) is 8.51. The lowest BCUT2D eigenvalue weighted by Gasteiger charge is -2.15. The normalized spacial score (nSPS) is 15.4. The van der Waals surface area contributed by atoms with Crippen molar-refractivity contribution in [1.29, 1.82) is 5.26 Å². The lowest BCUT2D eigenvalue weighted by atomic mass is 10.2. The summed E-state index contributed by atoms with van der Waals surface area (Å²) in [4.78, 5) is 0.305. The van der Waals surface area contributed by atoms with Crippen molar-refractivity contribution in [3.63, 3.8) is 0 Å². The van der Waals surface area contributed by atoms with Crippen molar-refractivity contribution < 1.29 is 8.42 Å². The van der Waals surface area contributed by atoms with Gasteiger partial charge in [0.1, 0.15) is 0 Å². The van der Waals surface area contributed by atoms with Gasteiger partial charge >= 0.3 is 0 Å². The monoisotopic (exact) mass is 377 g/mol. The molecule has 1 aliphatic heterocycles. The Labute approximate surface area is 151 Å². The van der Waals surface area contributed by atoms with Crippen molar-refractivity contribution in [2.24, 2.45) is 0 Å². The summed E-state index contributed by atoms with van der Waals surface area (Å²) in [6.07, 6.45) is 1.83. The van der Waals surface area contributed by atoms with Crippen LogP contribution in [0.5, 0.6) is 0 Å². The second kappa shape index (κ2) is 7.56. The Morgan fingerprint density at radius 2 is 1.88 bits per heavy atom. The number of sulfonamides is 1. The van der Waals surface area contributed by atoms with Gasteiger partial charge in [-0.25, -0.2) is 8.42 Å². The van der Waals surface area contributed by atoms with Gasteiger partial charge in [-0.3, -0.25) is 0 Å². The van der Waals surface area contributed by atoms with Gasteiger partial charge in [0.2, 0.25) is 10.0 Å². The van der Waals surface area contributed by atoms with E-state index in [-0.39, 0.29) is 0 Å². The SMILES string of the molecule is CCn1c(SCC#N)nnc1-c1ccc(S(=O)(=O)N2CCCC2)cc1. The highest BCUT2D eigenvalue weighted by atomic mass is 32.2. The molecule has 0 saturated carbocycles. The van der Waals surface area contributed by atoms with Crippen LogP contribution in [0.4, 0.5) is 0 Å². The lowest BCUT2D eigenvalue weighted by molar-refractivity contribution is 0.477. The third-order valence-corrected chi connectivity index (χ3v) is 6.86. The fraction of sp³-hybridized carbons (Fsp3) is 0.438. The summed E-state index contributed by atoms with van der Waals surface area (Å²) in [5, 5.41) is 17.7. The molecule has 0 atom stereocenters. The zero-order chi connectivity index (χ0) is 17.9. The molecule has 0 spiro atoms. The number of benzene rings is 1. The van der Waals surface area contributed by atoms with E-state index >= 15 is 0 Å². The van der Waals surface area contributed by atoms with E-state index in [2.05, 4.69) is 16.3 Å². The highest BCUT2D eigenvalue weighted by Crippen LogP contribution is 2.26. The number of rotatable bonds is 6. The van der Waals surface area contributed by atoms with E-state index in [0.29, 0.717) is 41.3 Å². The molecule has 132 valence electrons.